The van der Waals surface area contributed by atoms with Crippen LogP contribution in [-0.4, -0.2) is 83.3 Å². The maximum Gasteiger partial charge on any atom is 0.191 e. The first-order chi connectivity index (χ1) is 15.1. The summed E-state index contributed by atoms with van der Waals surface area (Å²) in [6.45, 7) is 8.82. The van der Waals surface area contributed by atoms with E-state index in [1.54, 1.807) is 0 Å². The van der Waals surface area contributed by atoms with Crippen molar-refractivity contribution in [1.29, 1.82) is 0 Å². The summed E-state index contributed by atoms with van der Waals surface area (Å²) < 4.78 is 13.7. The fourth-order valence-corrected chi connectivity index (χ4v) is 4.94. The molecule has 4 rings (SSSR count). The minimum atomic E-state index is 0.0772. The van der Waals surface area contributed by atoms with Gasteiger partial charge in [0.25, 0.3) is 0 Å². The lowest BCUT2D eigenvalue weighted by Crippen LogP contribution is -2.53. The van der Waals surface area contributed by atoms with Crippen LogP contribution in [0.15, 0.2) is 4.99 Å². The lowest BCUT2D eigenvalue weighted by atomic mass is 9.78. The van der Waals surface area contributed by atoms with Crippen molar-refractivity contribution in [3.63, 3.8) is 0 Å². The molecule has 1 saturated carbocycles. The minimum absolute atomic E-state index is 0.0772. The zero-order valence-electron chi connectivity index (χ0n) is 19.2. The Bertz CT molecular complexity index is 718. The molecule has 1 aromatic rings. The first-order valence-electron chi connectivity index (χ1n) is 12.0. The number of nitrogens with one attached hydrogen (secondary N) is 2. The van der Waals surface area contributed by atoms with Gasteiger partial charge in [-0.25, -0.2) is 4.99 Å². The molecular formula is C22H39N7O2. The van der Waals surface area contributed by atoms with E-state index in [-0.39, 0.29) is 5.60 Å². The van der Waals surface area contributed by atoms with Gasteiger partial charge in [-0.05, 0) is 32.6 Å². The van der Waals surface area contributed by atoms with Crippen molar-refractivity contribution in [3.05, 3.63) is 11.6 Å². The molecule has 9 heteroatoms. The molecular weight excluding hydrogens is 394 g/mol. The molecule has 1 aliphatic carbocycles. The summed E-state index contributed by atoms with van der Waals surface area (Å²) in [6, 6.07) is 0.391. The van der Waals surface area contributed by atoms with Gasteiger partial charge in [0.05, 0.1) is 18.8 Å². The summed E-state index contributed by atoms with van der Waals surface area (Å²) in [5.41, 5.74) is 0.0772. The summed E-state index contributed by atoms with van der Waals surface area (Å²) in [5.74, 6) is 2.65. The van der Waals surface area contributed by atoms with E-state index >= 15 is 0 Å². The number of hydrogen-bond acceptors (Lipinski definition) is 6. The smallest absolute Gasteiger partial charge is 0.191 e. The second kappa shape index (κ2) is 10.7. The molecule has 174 valence electrons. The Hall–Kier alpha value is -1.71. The summed E-state index contributed by atoms with van der Waals surface area (Å²) >= 11 is 0. The SMILES string of the molecule is Cc1nnc(CN=C(NCCN2CCOCC2)NC2CCOC3(CCCCC3)C2)n1C. The Morgan fingerprint density at radius 1 is 1.16 bits per heavy atom. The van der Waals surface area contributed by atoms with Crippen molar-refractivity contribution < 1.29 is 9.47 Å². The van der Waals surface area contributed by atoms with Gasteiger partial charge < -0.3 is 24.7 Å². The Morgan fingerprint density at radius 2 is 1.97 bits per heavy atom. The predicted molar refractivity (Wildman–Crippen MR) is 120 cm³/mol. The van der Waals surface area contributed by atoms with Crippen LogP contribution in [0.5, 0.6) is 0 Å². The van der Waals surface area contributed by atoms with Crippen molar-refractivity contribution >= 4 is 5.96 Å². The van der Waals surface area contributed by atoms with E-state index in [9.17, 15) is 0 Å². The fraction of sp³-hybridized carbons (Fsp3) is 0.864. The molecule has 0 radical (unpaired) electrons. The van der Waals surface area contributed by atoms with Gasteiger partial charge in [-0.2, -0.15) is 0 Å². The van der Waals surface area contributed by atoms with E-state index in [1.165, 1.54) is 32.1 Å². The highest BCUT2D eigenvalue weighted by Crippen LogP contribution is 2.38. The molecule has 9 nitrogen and oxygen atoms in total. The lowest BCUT2D eigenvalue weighted by Gasteiger charge is -2.44. The number of ether oxygens (including phenoxy) is 2. The third-order valence-corrected chi connectivity index (χ3v) is 6.98. The Morgan fingerprint density at radius 3 is 2.71 bits per heavy atom. The van der Waals surface area contributed by atoms with Gasteiger partial charge >= 0.3 is 0 Å². The van der Waals surface area contributed by atoms with Gasteiger partial charge in [0, 0.05) is 45.9 Å². The Labute approximate surface area is 186 Å². The van der Waals surface area contributed by atoms with E-state index in [0.717, 1.165) is 76.4 Å². The number of nitrogens with zero attached hydrogens (tertiary/aromatic N) is 5. The third-order valence-electron chi connectivity index (χ3n) is 6.98. The number of guanidine groups is 1. The summed E-state index contributed by atoms with van der Waals surface area (Å²) in [6.07, 6.45) is 8.40. The molecule has 1 aromatic heterocycles. The molecule has 3 heterocycles. The number of aromatic nitrogens is 3. The van der Waals surface area contributed by atoms with Crippen LogP contribution in [0.2, 0.25) is 0 Å². The Balaban J connectivity index is 1.37. The molecule has 1 unspecified atom stereocenters. The van der Waals surface area contributed by atoms with Gasteiger partial charge in [0.15, 0.2) is 11.8 Å². The molecule has 2 aliphatic heterocycles. The molecule has 2 N–H and O–H groups in total. The second-order valence-corrected chi connectivity index (χ2v) is 9.19. The highest BCUT2D eigenvalue weighted by molar-refractivity contribution is 5.80. The van der Waals surface area contributed by atoms with Gasteiger partial charge in [-0.3, -0.25) is 4.90 Å². The maximum atomic E-state index is 6.29. The minimum Gasteiger partial charge on any atom is -0.379 e. The van der Waals surface area contributed by atoms with E-state index in [4.69, 9.17) is 14.5 Å². The van der Waals surface area contributed by atoms with Gasteiger partial charge in [-0.1, -0.05) is 19.3 Å². The second-order valence-electron chi connectivity index (χ2n) is 9.19. The highest BCUT2D eigenvalue weighted by Gasteiger charge is 2.38. The van der Waals surface area contributed by atoms with E-state index in [0.29, 0.717) is 12.6 Å². The first-order valence-corrected chi connectivity index (χ1v) is 12.0. The molecule has 1 atom stereocenters. The maximum absolute atomic E-state index is 6.29. The number of rotatable bonds is 6. The zero-order valence-corrected chi connectivity index (χ0v) is 19.2. The van der Waals surface area contributed by atoms with Crippen molar-refractivity contribution in [3.8, 4) is 0 Å². The quantitative estimate of drug-likeness (QED) is 0.517. The highest BCUT2D eigenvalue weighted by atomic mass is 16.5. The molecule has 0 amide bonds. The van der Waals surface area contributed by atoms with Gasteiger partial charge in [-0.15, -0.1) is 10.2 Å². The molecule has 0 bridgehead atoms. The number of aryl methyl sites for hydroxylation is 1. The van der Waals surface area contributed by atoms with Crippen molar-refractivity contribution in [2.45, 2.75) is 70.1 Å². The first kappa shape index (κ1) is 22.5. The third kappa shape index (κ3) is 6.17. The van der Waals surface area contributed by atoms with E-state index in [2.05, 4.69) is 25.7 Å². The van der Waals surface area contributed by atoms with Crippen LogP contribution in [0.25, 0.3) is 0 Å². The topological polar surface area (TPSA) is 88.8 Å². The van der Waals surface area contributed by atoms with Crippen molar-refractivity contribution in [2.75, 3.05) is 46.0 Å². The van der Waals surface area contributed by atoms with Gasteiger partial charge in [0.2, 0.25) is 0 Å². The summed E-state index contributed by atoms with van der Waals surface area (Å²) in [7, 11) is 1.99. The van der Waals surface area contributed by atoms with Crippen LogP contribution in [0, 0.1) is 6.92 Å². The van der Waals surface area contributed by atoms with Crippen molar-refractivity contribution in [1.82, 2.24) is 30.3 Å². The number of hydrogen-bond donors (Lipinski definition) is 2. The van der Waals surface area contributed by atoms with Gasteiger partial charge in [0.1, 0.15) is 12.4 Å². The number of aliphatic imine (C=N–C) groups is 1. The van der Waals surface area contributed by atoms with Crippen LogP contribution in [0.3, 0.4) is 0 Å². The molecule has 2 saturated heterocycles. The standard InChI is InChI=1S/C22H39N7O2/c1-18-26-27-20(28(18)2)17-24-21(23-9-10-29-11-14-30-15-12-29)25-19-6-13-31-22(16-19)7-4-3-5-8-22/h19H,3-17H2,1-2H3,(H2,23,24,25). The molecule has 3 fully saturated rings. The average molecular weight is 434 g/mol. The summed E-state index contributed by atoms with van der Waals surface area (Å²) in [5, 5.41) is 15.7. The monoisotopic (exact) mass is 433 g/mol. The summed E-state index contributed by atoms with van der Waals surface area (Å²) in [4.78, 5) is 7.30. The lowest BCUT2D eigenvalue weighted by molar-refractivity contribution is -0.107. The predicted octanol–water partition coefficient (Wildman–Crippen LogP) is 1.37. The molecule has 0 aromatic carbocycles. The average Bonchev–Trinajstić information content (AvgIpc) is 3.11. The Kier molecular flexibility index (Phi) is 7.79. The van der Waals surface area contributed by atoms with Crippen LogP contribution in [0.1, 0.15) is 56.6 Å². The fourth-order valence-electron chi connectivity index (χ4n) is 4.94. The zero-order chi connectivity index (χ0) is 21.5. The van der Waals surface area contributed by atoms with Crippen molar-refractivity contribution in [2.24, 2.45) is 12.0 Å². The molecule has 31 heavy (non-hydrogen) atoms. The van der Waals surface area contributed by atoms with Crippen LogP contribution >= 0.6 is 0 Å². The molecule has 1 spiro atoms. The molecule has 3 aliphatic rings. The normalized spacial score (nSPS) is 25.0. The van der Waals surface area contributed by atoms with Crippen LogP contribution in [0.4, 0.5) is 0 Å². The number of morpholine rings is 1. The van der Waals surface area contributed by atoms with E-state index in [1.807, 2.05) is 18.5 Å². The largest absolute Gasteiger partial charge is 0.379 e. The van der Waals surface area contributed by atoms with Crippen LogP contribution in [-0.2, 0) is 23.1 Å². The van der Waals surface area contributed by atoms with E-state index < -0.39 is 0 Å². The van der Waals surface area contributed by atoms with Crippen LogP contribution < -0.4 is 10.6 Å².